The summed E-state index contributed by atoms with van der Waals surface area (Å²) in [6.45, 7) is 3.75. The summed E-state index contributed by atoms with van der Waals surface area (Å²) in [4.78, 5) is 23.6. The van der Waals surface area contributed by atoms with Gasteiger partial charge in [-0.15, -0.1) is 0 Å². The van der Waals surface area contributed by atoms with Gasteiger partial charge in [0.05, 0.1) is 11.5 Å². The first-order valence-electron chi connectivity index (χ1n) is 9.06. The number of benzene rings is 1. The summed E-state index contributed by atoms with van der Waals surface area (Å²) in [7, 11) is -2.99. The third-order valence-electron chi connectivity index (χ3n) is 5.07. The number of sulfone groups is 1. The number of aromatic nitrogens is 2. The molecule has 0 saturated carbocycles. The van der Waals surface area contributed by atoms with Gasteiger partial charge in [-0.2, -0.15) is 0 Å². The van der Waals surface area contributed by atoms with Gasteiger partial charge in [-0.1, -0.05) is 18.2 Å². The van der Waals surface area contributed by atoms with Crippen molar-refractivity contribution in [3.8, 4) is 0 Å². The highest BCUT2D eigenvalue weighted by molar-refractivity contribution is 7.91. The molecule has 2 aliphatic heterocycles. The second-order valence-corrected chi connectivity index (χ2v) is 9.52. The molecular formula is C19H22N4O3S. The number of fused-ring (bicyclic) bond motifs is 1. The zero-order valence-corrected chi connectivity index (χ0v) is 16.2. The van der Waals surface area contributed by atoms with Gasteiger partial charge < -0.3 is 10.2 Å². The third kappa shape index (κ3) is 3.53. The standard InChI is InChI=1S/C19H22N4O3S/c1-12-9-14-5-3-4-6-17(14)23(12)19(24)16-10-18(21-13(2)20-16)22-15-7-8-27(25,26)11-15/h3-6,10,12,15H,7-9,11H2,1-2H3,(H,20,21,22). The quantitative estimate of drug-likeness (QED) is 0.867. The smallest absolute Gasteiger partial charge is 0.277 e. The first kappa shape index (κ1) is 17.9. The van der Waals surface area contributed by atoms with E-state index in [1.807, 2.05) is 31.2 Å². The largest absolute Gasteiger partial charge is 0.366 e. The Labute approximate surface area is 158 Å². The van der Waals surface area contributed by atoms with E-state index in [0.717, 1.165) is 17.7 Å². The van der Waals surface area contributed by atoms with Crippen molar-refractivity contribution in [3.05, 3.63) is 47.4 Å². The summed E-state index contributed by atoms with van der Waals surface area (Å²) in [6, 6.07) is 9.39. The van der Waals surface area contributed by atoms with Crippen LogP contribution in [-0.2, 0) is 16.3 Å². The van der Waals surface area contributed by atoms with Crippen LogP contribution in [0.3, 0.4) is 0 Å². The van der Waals surface area contributed by atoms with Crippen molar-refractivity contribution in [2.75, 3.05) is 21.7 Å². The van der Waals surface area contributed by atoms with Crippen LogP contribution in [0.4, 0.5) is 11.5 Å². The normalized spacial score (nSPS) is 23.3. The number of hydrogen-bond donors (Lipinski definition) is 1. The Morgan fingerprint density at radius 2 is 2.04 bits per heavy atom. The number of carbonyl (C=O) groups is 1. The van der Waals surface area contributed by atoms with Crippen LogP contribution in [0, 0.1) is 6.92 Å². The van der Waals surface area contributed by atoms with E-state index in [0.29, 0.717) is 23.8 Å². The highest BCUT2D eigenvalue weighted by atomic mass is 32.2. The Morgan fingerprint density at radius 3 is 2.78 bits per heavy atom. The highest BCUT2D eigenvalue weighted by Gasteiger charge is 2.33. The molecule has 4 rings (SSSR count). The minimum atomic E-state index is -2.99. The highest BCUT2D eigenvalue weighted by Crippen LogP contribution is 2.33. The molecule has 0 spiro atoms. The molecule has 27 heavy (non-hydrogen) atoms. The molecule has 1 aromatic carbocycles. The van der Waals surface area contributed by atoms with Crippen LogP contribution in [0.1, 0.15) is 35.2 Å². The second kappa shape index (κ2) is 6.60. The number of carbonyl (C=O) groups excluding carboxylic acids is 1. The third-order valence-corrected chi connectivity index (χ3v) is 6.84. The Balaban J connectivity index is 1.61. The maximum Gasteiger partial charge on any atom is 0.277 e. The molecule has 1 amide bonds. The Bertz CT molecular complexity index is 1010. The van der Waals surface area contributed by atoms with Gasteiger partial charge in [-0.3, -0.25) is 4.79 Å². The molecule has 1 N–H and O–H groups in total. The number of rotatable bonds is 3. The number of para-hydroxylation sites is 1. The molecule has 2 atom stereocenters. The summed E-state index contributed by atoms with van der Waals surface area (Å²) in [5.41, 5.74) is 2.38. The monoisotopic (exact) mass is 386 g/mol. The molecule has 0 aliphatic carbocycles. The topological polar surface area (TPSA) is 92.3 Å². The zero-order chi connectivity index (χ0) is 19.2. The summed E-state index contributed by atoms with van der Waals surface area (Å²) < 4.78 is 23.3. The van der Waals surface area contributed by atoms with Gasteiger partial charge in [0.1, 0.15) is 17.3 Å². The Hall–Kier alpha value is -2.48. The van der Waals surface area contributed by atoms with Gasteiger partial charge >= 0.3 is 0 Å². The molecule has 8 heteroatoms. The Kier molecular flexibility index (Phi) is 4.38. The number of nitrogens with zero attached hydrogens (tertiary/aromatic N) is 3. The van der Waals surface area contributed by atoms with Crippen molar-refractivity contribution in [1.82, 2.24) is 9.97 Å². The lowest BCUT2D eigenvalue weighted by Crippen LogP contribution is -2.36. The van der Waals surface area contributed by atoms with E-state index >= 15 is 0 Å². The van der Waals surface area contributed by atoms with E-state index in [1.54, 1.807) is 17.9 Å². The molecule has 2 aliphatic rings. The SMILES string of the molecule is Cc1nc(NC2CCS(=O)(=O)C2)cc(C(=O)N2c3ccccc3CC2C)n1. The van der Waals surface area contributed by atoms with Crippen LogP contribution >= 0.6 is 0 Å². The average Bonchev–Trinajstić information content (AvgIpc) is 3.11. The van der Waals surface area contributed by atoms with E-state index in [-0.39, 0.29) is 29.5 Å². The molecular weight excluding hydrogens is 364 g/mol. The number of anilines is 2. The number of aryl methyl sites for hydroxylation is 1. The van der Waals surface area contributed by atoms with E-state index in [2.05, 4.69) is 15.3 Å². The molecule has 142 valence electrons. The zero-order valence-electron chi connectivity index (χ0n) is 15.3. The molecule has 1 saturated heterocycles. The first-order chi connectivity index (χ1) is 12.8. The van der Waals surface area contributed by atoms with Crippen molar-refractivity contribution in [2.24, 2.45) is 0 Å². The van der Waals surface area contributed by atoms with Gasteiger partial charge in [0.2, 0.25) is 0 Å². The van der Waals surface area contributed by atoms with E-state index < -0.39 is 9.84 Å². The molecule has 0 bridgehead atoms. The lowest BCUT2D eigenvalue weighted by atomic mass is 10.1. The maximum absolute atomic E-state index is 13.2. The summed E-state index contributed by atoms with van der Waals surface area (Å²) in [5.74, 6) is 1.08. The first-order valence-corrected chi connectivity index (χ1v) is 10.9. The lowest BCUT2D eigenvalue weighted by Gasteiger charge is -2.23. The predicted octanol–water partition coefficient (Wildman–Crippen LogP) is 1.98. The number of amides is 1. The maximum atomic E-state index is 13.2. The van der Waals surface area contributed by atoms with Crippen LogP contribution in [0.15, 0.2) is 30.3 Å². The van der Waals surface area contributed by atoms with Gasteiger partial charge in [0.25, 0.3) is 5.91 Å². The van der Waals surface area contributed by atoms with Crippen LogP contribution in [0.25, 0.3) is 0 Å². The van der Waals surface area contributed by atoms with Crippen molar-refractivity contribution < 1.29 is 13.2 Å². The summed E-state index contributed by atoms with van der Waals surface area (Å²) >= 11 is 0. The molecule has 7 nitrogen and oxygen atoms in total. The minimum absolute atomic E-state index is 0.0570. The fraction of sp³-hybridized carbons (Fsp3) is 0.421. The molecule has 1 aromatic heterocycles. The Morgan fingerprint density at radius 1 is 1.26 bits per heavy atom. The van der Waals surface area contributed by atoms with Crippen LogP contribution in [-0.4, -0.2) is 47.9 Å². The van der Waals surface area contributed by atoms with Gasteiger partial charge in [-0.05, 0) is 38.3 Å². The molecule has 1 fully saturated rings. The fourth-order valence-electron chi connectivity index (χ4n) is 3.87. The second-order valence-electron chi connectivity index (χ2n) is 7.29. The van der Waals surface area contributed by atoms with E-state index in [9.17, 15) is 13.2 Å². The van der Waals surface area contributed by atoms with Crippen molar-refractivity contribution in [3.63, 3.8) is 0 Å². The van der Waals surface area contributed by atoms with Crippen molar-refractivity contribution >= 4 is 27.2 Å². The van der Waals surface area contributed by atoms with Crippen molar-refractivity contribution in [1.29, 1.82) is 0 Å². The van der Waals surface area contributed by atoms with Crippen molar-refractivity contribution in [2.45, 2.75) is 38.8 Å². The summed E-state index contributed by atoms with van der Waals surface area (Å²) in [6.07, 6.45) is 1.36. The van der Waals surface area contributed by atoms with Gasteiger partial charge in [-0.25, -0.2) is 18.4 Å². The fourth-order valence-corrected chi connectivity index (χ4v) is 5.54. The molecule has 3 heterocycles. The summed E-state index contributed by atoms with van der Waals surface area (Å²) in [5, 5.41) is 3.15. The number of nitrogens with one attached hydrogen (secondary N) is 1. The average molecular weight is 386 g/mol. The van der Waals surface area contributed by atoms with Crippen LogP contribution in [0.2, 0.25) is 0 Å². The minimum Gasteiger partial charge on any atom is -0.366 e. The number of hydrogen-bond acceptors (Lipinski definition) is 6. The molecule has 0 radical (unpaired) electrons. The predicted molar refractivity (Wildman–Crippen MR) is 104 cm³/mol. The lowest BCUT2D eigenvalue weighted by molar-refractivity contribution is 0.0976. The van der Waals surface area contributed by atoms with Gasteiger partial charge in [0, 0.05) is 23.8 Å². The van der Waals surface area contributed by atoms with Crippen LogP contribution < -0.4 is 10.2 Å². The molecule has 2 unspecified atom stereocenters. The molecule has 2 aromatic rings. The van der Waals surface area contributed by atoms with E-state index in [4.69, 9.17) is 0 Å². The van der Waals surface area contributed by atoms with Crippen LogP contribution in [0.5, 0.6) is 0 Å². The van der Waals surface area contributed by atoms with E-state index in [1.165, 1.54) is 0 Å². The van der Waals surface area contributed by atoms with Gasteiger partial charge in [0.15, 0.2) is 9.84 Å².